The van der Waals surface area contributed by atoms with Crippen molar-refractivity contribution in [2.75, 3.05) is 0 Å². The average Bonchev–Trinajstić information content (AvgIpc) is 3.03. The molecule has 0 atom stereocenters. The monoisotopic (exact) mass is 362 g/mol. The van der Waals surface area contributed by atoms with Crippen LogP contribution in [0, 0.1) is 6.92 Å². The largest absolute Gasteiger partial charge is 0.270 e. The van der Waals surface area contributed by atoms with Crippen LogP contribution in [0.1, 0.15) is 27.0 Å². The molecule has 1 heterocycles. The van der Waals surface area contributed by atoms with Crippen molar-refractivity contribution in [2.24, 2.45) is 0 Å². The van der Waals surface area contributed by atoms with Gasteiger partial charge in [0.25, 0.3) is 5.91 Å². The topological polar surface area (TPSA) is 40.9 Å². The maximum atomic E-state index is 12.3. The van der Waals surface area contributed by atoms with E-state index < -0.39 is 21.1 Å². The molecule has 127 valence electrons. The fraction of sp³-hybridized carbons (Fsp3) is 0.286. The van der Waals surface area contributed by atoms with Crippen molar-refractivity contribution in [3.63, 3.8) is 0 Å². The second kappa shape index (κ2) is 5.05. The fourth-order valence-corrected chi connectivity index (χ4v) is 15.4. The highest BCUT2D eigenvalue weighted by atomic mass is 29.3. The maximum Gasteiger partial charge on any atom is 0.270 e. The summed E-state index contributed by atoms with van der Waals surface area (Å²) in [4.78, 5) is 12.3. The van der Waals surface area contributed by atoms with Crippen molar-refractivity contribution in [1.82, 2.24) is 5.73 Å². The Morgan fingerprint density at radius 2 is 1.84 bits per heavy atom. The molecule has 25 heavy (non-hydrogen) atoms. The average molecular weight is 363 g/mol. The molecule has 2 aromatic carbocycles. The van der Waals surface area contributed by atoms with Crippen LogP contribution in [0.4, 0.5) is 0 Å². The zero-order chi connectivity index (χ0) is 18.1. The Kier molecular flexibility index (Phi) is 3.34. The highest BCUT2D eigenvalue weighted by molar-refractivity contribution is 7.51. The molecule has 4 heteroatoms. The van der Waals surface area contributed by atoms with E-state index >= 15 is 0 Å². The van der Waals surface area contributed by atoms with Gasteiger partial charge in [-0.3, -0.25) is 10.5 Å². The molecular weight excluding hydrogens is 338 g/mol. The molecule has 4 rings (SSSR count). The van der Waals surface area contributed by atoms with Crippen LogP contribution >= 0.6 is 0 Å². The van der Waals surface area contributed by atoms with Gasteiger partial charge in [-0.1, -0.05) is 72.5 Å². The molecule has 1 aliphatic heterocycles. The molecule has 0 saturated carbocycles. The Morgan fingerprint density at radius 3 is 2.52 bits per heavy atom. The van der Waals surface area contributed by atoms with Crippen LogP contribution in [0.25, 0.3) is 17.2 Å². The van der Waals surface area contributed by atoms with Gasteiger partial charge in [0.15, 0.2) is 0 Å². The van der Waals surface area contributed by atoms with Crippen LogP contribution < -0.4 is 16.1 Å². The number of hydrogen-bond donors (Lipinski definition) is 0. The summed E-state index contributed by atoms with van der Waals surface area (Å²) in [6.45, 7) is 12.1. The van der Waals surface area contributed by atoms with Crippen LogP contribution in [0.5, 0.6) is 0 Å². The van der Waals surface area contributed by atoms with E-state index in [9.17, 15) is 4.79 Å². The van der Waals surface area contributed by atoms with E-state index in [0.717, 1.165) is 17.5 Å². The van der Waals surface area contributed by atoms with E-state index in [1.54, 1.807) is 0 Å². The molecule has 0 spiro atoms. The minimum absolute atomic E-state index is 0.548. The number of rotatable bonds is 2. The molecule has 0 saturated heterocycles. The van der Waals surface area contributed by atoms with Gasteiger partial charge < -0.3 is 0 Å². The van der Waals surface area contributed by atoms with Crippen molar-refractivity contribution < 1.29 is 4.79 Å². The second-order valence-electron chi connectivity index (χ2n) is 8.41. The molecule has 2 aliphatic rings. The second-order valence-corrected chi connectivity index (χ2v) is 23.4. The molecule has 2 nitrogen and oxygen atoms in total. The number of fused-ring (bicyclic) bond motifs is 3. The predicted molar refractivity (Wildman–Crippen MR) is 111 cm³/mol. The Morgan fingerprint density at radius 1 is 1.12 bits per heavy atom. The zero-order valence-electron chi connectivity index (χ0n) is 15.6. The summed E-state index contributed by atoms with van der Waals surface area (Å²) in [6, 6.07) is 8.49. The zero-order valence-corrected chi connectivity index (χ0v) is 17.6. The third-order valence-corrected chi connectivity index (χ3v) is 24.6. The van der Waals surface area contributed by atoms with E-state index in [1.165, 1.54) is 27.1 Å². The van der Waals surface area contributed by atoms with Crippen LogP contribution in [0.3, 0.4) is 0 Å². The number of allylic oxidation sites excluding steroid dienone is 1. The van der Waals surface area contributed by atoms with Crippen molar-refractivity contribution in [1.29, 1.82) is 0 Å². The van der Waals surface area contributed by atoms with Gasteiger partial charge in [0, 0.05) is 5.56 Å². The Hall–Kier alpha value is -1.92. The van der Waals surface area contributed by atoms with Crippen LogP contribution in [0.15, 0.2) is 30.3 Å². The smallest absolute Gasteiger partial charge is 0.267 e. The van der Waals surface area contributed by atoms with Crippen LogP contribution in [0.2, 0.25) is 26.2 Å². The van der Waals surface area contributed by atoms with E-state index in [1.807, 2.05) is 0 Å². The summed E-state index contributed by atoms with van der Waals surface area (Å²) in [7, 11) is -3.31. The summed E-state index contributed by atoms with van der Waals surface area (Å²) in [5, 5.41) is 2.84. The van der Waals surface area contributed by atoms with Gasteiger partial charge in [-0.2, -0.15) is 0 Å². The first-order valence-electron chi connectivity index (χ1n) is 8.91. The Balaban J connectivity index is 2.15. The first kappa shape index (κ1) is 16.5. The molecule has 0 aromatic heterocycles. The first-order valence-corrected chi connectivity index (χ1v) is 15.9. The van der Waals surface area contributed by atoms with Gasteiger partial charge in [-0.05, 0) is 41.7 Å². The first-order chi connectivity index (χ1) is 11.7. The quantitative estimate of drug-likeness (QED) is 0.753. The van der Waals surface area contributed by atoms with E-state index in [0.29, 0.717) is 5.56 Å². The van der Waals surface area contributed by atoms with Crippen molar-refractivity contribution in [2.45, 2.75) is 39.5 Å². The summed E-state index contributed by atoms with van der Waals surface area (Å²) >= 11 is 0. The van der Waals surface area contributed by atoms with Gasteiger partial charge >= 0.3 is 0 Å². The van der Waals surface area contributed by atoms with Gasteiger partial charge in [0.2, 0.25) is 0 Å². The van der Waals surface area contributed by atoms with Gasteiger partial charge in [0.05, 0.1) is 15.2 Å². The standard InChI is InChI=1S/C21H24NOSi2/c1-13-18-12-17(21(22)23)19(20(13)25(4,5)24(18,2)3)16-11-7-9-14-8-6-10-15(14)16/h6-7,9-12,22H,8H2,1-5H3. The summed E-state index contributed by atoms with van der Waals surface area (Å²) in [5.74, 6) is -0.548. The Labute approximate surface area is 151 Å². The number of carbonyl (C=O) groups is 1. The minimum Gasteiger partial charge on any atom is -0.267 e. The number of nitrogens with one attached hydrogen (secondary N) is 1. The maximum absolute atomic E-state index is 12.3. The normalized spacial score (nSPS) is 18.4. The predicted octanol–water partition coefficient (Wildman–Crippen LogP) is 3.58. The highest BCUT2D eigenvalue weighted by Gasteiger charge is 2.52. The minimum atomic E-state index is -1.69. The van der Waals surface area contributed by atoms with E-state index in [-0.39, 0.29) is 0 Å². The molecule has 2 aromatic rings. The molecule has 1 amide bonds. The van der Waals surface area contributed by atoms with Crippen LogP contribution in [-0.4, -0.2) is 21.1 Å². The number of benzene rings is 2. The lowest BCUT2D eigenvalue weighted by atomic mass is 9.92. The summed E-state index contributed by atoms with van der Waals surface area (Å²) in [6.07, 6.45) is 5.34. The third kappa shape index (κ3) is 1.98. The van der Waals surface area contributed by atoms with Gasteiger partial charge in [0.1, 0.15) is 0 Å². The number of hydrogen-bond acceptors (Lipinski definition) is 1. The molecule has 1 aliphatic carbocycles. The van der Waals surface area contributed by atoms with E-state index in [4.69, 9.17) is 5.73 Å². The summed E-state index contributed by atoms with van der Waals surface area (Å²) in [5.41, 5.74) is 14.7. The molecule has 1 radical (unpaired) electrons. The highest BCUT2D eigenvalue weighted by Crippen LogP contribution is 2.38. The third-order valence-electron chi connectivity index (χ3n) is 6.78. The molecule has 0 unspecified atom stereocenters. The molecule has 2 bridgehead atoms. The van der Waals surface area contributed by atoms with Crippen molar-refractivity contribution in [3.8, 4) is 11.1 Å². The van der Waals surface area contributed by atoms with Crippen molar-refractivity contribution in [3.05, 3.63) is 52.6 Å². The number of carbonyl (C=O) groups excluding carboxylic acids is 1. The Bertz CT molecular complexity index is 970. The van der Waals surface area contributed by atoms with Gasteiger partial charge in [-0.25, -0.2) is 0 Å². The molecule has 1 N–H and O–H groups in total. The fourth-order valence-electron chi connectivity index (χ4n) is 4.83. The lowest BCUT2D eigenvalue weighted by Crippen LogP contribution is -2.63. The number of amides is 1. The summed E-state index contributed by atoms with van der Waals surface area (Å²) < 4.78 is 0. The van der Waals surface area contributed by atoms with Gasteiger partial charge in [-0.15, -0.1) is 0 Å². The SMILES string of the molecule is Cc1c2cc(C([NH])=O)c(-c3cccc4c3C=CC4)c1[Si](C)(C)[Si]2(C)C. The van der Waals surface area contributed by atoms with Crippen molar-refractivity contribution >= 4 is 37.5 Å². The van der Waals surface area contributed by atoms with E-state index in [2.05, 4.69) is 69.5 Å². The lowest BCUT2D eigenvalue weighted by molar-refractivity contribution is 0.0993. The molecule has 0 fully saturated rings. The molecular formula is C21H24NOSi2. The lowest BCUT2D eigenvalue weighted by Gasteiger charge is -2.33. The van der Waals surface area contributed by atoms with Crippen LogP contribution in [-0.2, 0) is 6.42 Å².